The Kier molecular flexibility index (Phi) is 4.53. The average molecular weight is 325 g/mol. The summed E-state index contributed by atoms with van der Waals surface area (Å²) >= 11 is 3.32. The molecule has 0 bridgehead atoms. The maximum absolute atomic E-state index is 11.5. The van der Waals surface area contributed by atoms with E-state index in [4.69, 9.17) is 10.6 Å². The van der Waals surface area contributed by atoms with Gasteiger partial charge in [0.1, 0.15) is 12.4 Å². The summed E-state index contributed by atoms with van der Waals surface area (Å²) in [7, 11) is 0. The van der Waals surface area contributed by atoms with Gasteiger partial charge in [0, 0.05) is 6.20 Å². The lowest BCUT2D eigenvalue weighted by atomic mass is 10.2. The molecule has 0 aliphatic carbocycles. The largest absolute Gasteiger partial charge is 0.491 e. The van der Waals surface area contributed by atoms with E-state index in [9.17, 15) is 4.79 Å². The van der Waals surface area contributed by atoms with Crippen molar-refractivity contribution in [3.63, 3.8) is 0 Å². The van der Waals surface area contributed by atoms with Gasteiger partial charge in [-0.05, 0) is 28.1 Å². The lowest BCUT2D eigenvalue weighted by Crippen LogP contribution is -2.30. The van der Waals surface area contributed by atoms with Gasteiger partial charge in [0.2, 0.25) is 0 Å². The number of nitrogen functional groups attached to an aromatic ring is 1. The molecule has 2 aromatic rings. The van der Waals surface area contributed by atoms with Crippen molar-refractivity contribution in [3.05, 3.63) is 46.7 Å². The zero-order chi connectivity index (χ0) is 13.7. The van der Waals surface area contributed by atoms with Crippen molar-refractivity contribution in [1.82, 2.24) is 15.2 Å². The lowest BCUT2D eigenvalue weighted by Gasteiger charge is -2.10. The smallest absolute Gasteiger partial charge is 0.268 e. The summed E-state index contributed by atoms with van der Waals surface area (Å²) in [6.07, 6.45) is 3.55. The predicted octanol–water partition coefficient (Wildman–Crippen LogP) is 1.33. The van der Waals surface area contributed by atoms with Crippen molar-refractivity contribution in [2.45, 2.75) is 6.54 Å². The fourth-order valence-corrected chi connectivity index (χ4v) is 1.90. The van der Waals surface area contributed by atoms with Gasteiger partial charge in [-0.25, -0.2) is 5.84 Å². The zero-order valence-corrected chi connectivity index (χ0v) is 11.6. The van der Waals surface area contributed by atoms with Crippen molar-refractivity contribution in [2.75, 3.05) is 6.61 Å². The normalized spacial score (nSPS) is 10.2. The van der Waals surface area contributed by atoms with Crippen LogP contribution >= 0.6 is 15.9 Å². The van der Waals surface area contributed by atoms with Crippen molar-refractivity contribution < 1.29 is 9.53 Å². The van der Waals surface area contributed by atoms with Crippen LogP contribution in [0.4, 0.5) is 0 Å². The Bertz CT molecular complexity index is 570. The van der Waals surface area contributed by atoms with E-state index in [1.165, 1.54) is 0 Å². The third kappa shape index (κ3) is 3.55. The summed E-state index contributed by atoms with van der Waals surface area (Å²) in [5, 5.41) is 4.11. The molecule has 1 amide bonds. The van der Waals surface area contributed by atoms with Gasteiger partial charge in [0.15, 0.2) is 0 Å². The molecule has 0 fully saturated rings. The molecule has 2 rings (SSSR count). The van der Waals surface area contributed by atoms with Crippen LogP contribution in [-0.2, 0) is 6.54 Å². The summed E-state index contributed by atoms with van der Waals surface area (Å²) in [6, 6.07) is 6.93. The van der Waals surface area contributed by atoms with Gasteiger partial charge in [-0.1, -0.05) is 12.1 Å². The summed E-state index contributed by atoms with van der Waals surface area (Å²) in [5.74, 6) is 5.24. The molecule has 0 aliphatic rings. The number of para-hydroxylation sites is 1. The van der Waals surface area contributed by atoms with Gasteiger partial charge < -0.3 is 4.74 Å². The molecular formula is C12H13BrN4O2. The molecule has 0 spiro atoms. The van der Waals surface area contributed by atoms with Gasteiger partial charge in [-0.2, -0.15) is 5.10 Å². The van der Waals surface area contributed by atoms with E-state index in [0.717, 1.165) is 4.47 Å². The number of carbonyl (C=O) groups is 1. The van der Waals surface area contributed by atoms with E-state index in [0.29, 0.717) is 24.5 Å². The molecule has 0 aliphatic heterocycles. The molecule has 100 valence electrons. The van der Waals surface area contributed by atoms with Crippen LogP contribution in [0.1, 0.15) is 10.4 Å². The molecule has 3 N–H and O–H groups in total. The van der Waals surface area contributed by atoms with Crippen molar-refractivity contribution >= 4 is 21.8 Å². The van der Waals surface area contributed by atoms with Crippen LogP contribution in [0.2, 0.25) is 0 Å². The number of rotatable bonds is 5. The monoisotopic (exact) mass is 324 g/mol. The van der Waals surface area contributed by atoms with Crippen LogP contribution in [0.15, 0.2) is 41.1 Å². The molecule has 19 heavy (non-hydrogen) atoms. The Morgan fingerprint density at radius 3 is 2.95 bits per heavy atom. The Hall–Kier alpha value is -1.86. The second-order valence-corrected chi connectivity index (χ2v) is 4.66. The minimum Gasteiger partial charge on any atom is -0.491 e. The average Bonchev–Trinajstić information content (AvgIpc) is 2.84. The van der Waals surface area contributed by atoms with Crippen LogP contribution in [0, 0.1) is 0 Å². The Labute approximate surface area is 118 Å². The zero-order valence-electron chi connectivity index (χ0n) is 10.0. The van der Waals surface area contributed by atoms with Gasteiger partial charge in [0.05, 0.1) is 22.8 Å². The van der Waals surface area contributed by atoms with Gasteiger partial charge in [0.25, 0.3) is 5.91 Å². The number of nitrogens with zero attached hydrogens (tertiary/aromatic N) is 2. The van der Waals surface area contributed by atoms with Crippen molar-refractivity contribution in [3.8, 4) is 5.75 Å². The molecule has 0 radical (unpaired) electrons. The molecule has 7 heteroatoms. The van der Waals surface area contributed by atoms with Gasteiger partial charge >= 0.3 is 0 Å². The standard InChI is InChI=1S/C12H13BrN4O2/c13-9-7-15-17(8-9)5-6-19-11-4-2-1-3-10(11)12(18)16-14/h1-4,7-8H,5-6,14H2,(H,16,18). The SMILES string of the molecule is NNC(=O)c1ccccc1OCCn1cc(Br)cn1. The number of hydrogen-bond donors (Lipinski definition) is 2. The number of ether oxygens (including phenoxy) is 1. The second-order valence-electron chi connectivity index (χ2n) is 3.74. The molecule has 0 unspecified atom stereocenters. The highest BCUT2D eigenvalue weighted by molar-refractivity contribution is 9.10. The second kappa shape index (κ2) is 6.35. The van der Waals surface area contributed by atoms with Crippen LogP contribution in [0.3, 0.4) is 0 Å². The quantitative estimate of drug-likeness (QED) is 0.494. The highest BCUT2D eigenvalue weighted by atomic mass is 79.9. The lowest BCUT2D eigenvalue weighted by molar-refractivity contribution is 0.0949. The van der Waals surface area contributed by atoms with E-state index < -0.39 is 0 Å². The topological polar surface area (TPSA) is 82.2 Å². The first kappa shape index (κ1) is 13.6. The summed E-state index contributed by atoms with van der Waals surface area (Å²) in [6.45, 7) is 0.993. The number of nitrogens with one attached hydrogen (secondary N) is 1. The van der Waals surface area contributed by atoms with Crippen molar-refractivity contribution in [2.24, 2.45) is 5.84 Å². The van der Waals surface area contributed by atoms with Crippen LogP contribution in [-0.4, -0.2) is 22.3 Å². The minimum atomic E-state index is -0.377. The van der Waals surface area contributed by atoms with E-state index >= 15 is 0 Å². The Morgan fingerprint density at radius 2 is 2.26 bits per heavy atom. The summed E-state index contributed by atoms with van der Waals surface area (Å²) < 4.78 is 8.24. The number of amides is 1. The first-order valence-electron chi connectivity index (χ1n) is 5.61. The third-order valence-corrected chi connectivity index (χ3v) is 2.85. The number of hydrazine groups is 1. The van der Waals surface area contributed by atoms with Crippen LogP contribution in [0.5, 0.6) is 5.75 Å². The maximum atomic E-state index is 11.5. The molecule has 0 saturated carbocycles. The predicted molar refractivity (Wildman–Crippen MR) is 73.5 cm³/mol. The van der Waals surface area contributed by atoms with E-state index in [1.807, 2.05) is 6.20 Å². The molecule has 1 aromatic carbocycles. The number of nitrogens with two attached hydrogens (primary N) is 1. The fourth-order valence-electron chi connectivity index (χ4n) is 1.57. The van der Waals surface area contributed by atoms with Crippen molar-refractivity contribution in [1.29, 1.82) is 0 Å². The number of benzene rings is 1. The molecule has 6 nitrogen and oxygen atoms in total. The number of hydrogen-bond acceptors (Lipinski definition) is 4. The highest BCUT2D eigenvalue weighted by Crippen LogP contribution is 2.17. The first-order valence-corrected chi connectivity index (χ1v) is 6.40. The molecule has 0 saturated heterocycles. The Morgan fingerprint density at radius 1 is 1.47 bits per heavy atom. The molecule has 1 aromatic heterocycles. The highest BCUT2D eigenvalue weighted by Gasteiger charge is 2.10. The third-order valence-electron chi connectivity index (χ3n) is 2.44. The first-order chi connectivity index (χ1) is 9.20. The summed E-state index contributed by atoms with van der Waals surface area (Å²) in [5.41, 5.74) is 2.50. The number of carbonyl (C=O) groups excluding carboxylic acids is 1. The number of aromatic nitrogens is 2. The molecule has 1 heterocycles. The Balaban J connectivity index is 1.97. The van der Waals surface area contributed by atoms with Gasteiger partial charge in [-0.15, -0.1) is 0 Å². The summed E-state index contributed by atoms with van der Waals surface area (Å²) in [4.78, 5) is 11.5. The van der Waals surface area contributed by atoms with E-state index in [1.54, 1.807) is 35.1 Å². The van der Waals surface area contributed by atoms with Gasteiger partial charge in [-0.3, -0.25) is 14.9 Å². The van der Waals surface area contributed by atoms with E-state index in [2.05, 4.69) is 26.5 Å². The van der Waals surface area contributed by atoms with E-state index in [-0.39, 0.29) is 5.91 Å². The molecule has 0 atom stereocenters. The maximum Gasteiger partial charge on any atom is 0.268 e. The van der Waals surface area contributed by atoms with Crippen LogP contribution in [0.25, 0.3) is 0 Å². The fraction of sp³-hybridized carbons (Fsp3) is 0.167. The number of halogens is 1. The minimum absolute atomic E-state index is 0.377. The van der Waals surface area contributed by atoms with Crippen LogP contribution < -0.4 is 16.0 Å². The molecular weight excluding hydrogens is 312 g/mol.